The van der Waals surface area contributed by atoms with E-state index in [-0.39, 0.29) is 11.3 Å². The summed E-state index contributed by atoms with van der Waals surface area (Å²) in [4.78, 5) is 15.1. The second kappa shape index (κ2) is 3.32. The fourth-order valence-electron chi connectivity index (χ4n) is 1.64. The average molecular weight is 215 g/mol. The summed E-state index contributed by atoms with van der Waals surface area (Å²) in [5.41, 5.74) is -0.230. The number of aryl methyl sites for hydroxylation is 1. The number of aromatic nitrogens is 1. The third-order valence-electron chi connectivity index (χ3n) is 2.42. The molecule has 0 unspecified atom stereocenters. The van der Waals surface area contributed by atoms with Crippen LogP contribution in [-0.4, -0.2) is 10.8 Å². The van der Waals surface area contributed by atoms with Crippen LogP contribution in [0.4, 0.5) is 13.2 Å². The number of halogens is 3. The third-order valence-corrected chi connectivity index (χ3v) is 2.42. The smallest absolute Gasteiger partial charge is 0.294 e. The van der Waals surface area contributed by atoms with E-state index in [1.807, 2.05) is 0 Å². The van der Waals surface area contributed by atoms with Crippen molar-refractivity contribution < 1.29 is 18.0 Å². The summed E-state index contributed by atoms with van der Waals surface area (Å²) in [6.07, 6.45) is -2.07. The molecule has 0 radical (unpaired) electrons. The van der Waals surface area contributed by atoms with Crippen LogP contribution in [0.2, 0.25) is 0 Å². The fourth-order valence-corrected chi connectivity index (χ4v) is 1.64. The Labute approximate surface area is 84.1 Å². The Morgan fingerprint density at radius 2 is 2.00 bits per heavy atom. The molecule has 0 saturated carbocycles. The summed E-state index contributed by atoms with van der Waals surface area (Å²) in [6.45, 7) is 0. The summed E-state index contributed by atoms with van der Waals surface area (Å²) in [6, 6.07) is 0.907. The first kappa shape index (κ1) is 10.1. The van der Waals surface area contributed by atoms with Crippen molar-refractivity contribution in [2.24, 2.45) is 0 Å². The molecule has 2 rings (SSSR count). The molecule has 0 aromatic carbocycles. The number of fused-ring (bicyclic) bond motifs is 1. The number of hydrogen-bond acceptors (Lipinski definition) is 2. The minimum absolute atomic E-state index is 0.135. The molecule has 0 atom stereocenters. The molecule has 0 fully saturated rings. The molecule has 1 heterocycles. The molecule has 0 saturated heterocycles. The fraction of sp³-hybridized carbons (Fsp3) is 0.400. The molecule has 1 aromatic rings. The van der Waals surface area contributed by atoms with E-state index in [2.05, 4.69) is 4.98 Å². The Hall–Kier alpha value is -1.39. The Balaban J connectivity index is 2.49. The standard InChI is InChI=1S/C10H8F3NO/c11-10(12,13)6-4-7-8(14-5-6)2-1-3-9(7)15/h4-5H,1-3H2. The summed E-state index contributed by atoms with van der Waals surface area (Å²) in [5, 5.41) is 0. The van der Waals surface area contributed by atoms with Gasteiger partial charge in [0.2, 0.25) is 0 Å². The van der Waals surface area contributed by atoms with Crippen LogP contribution >= 0.6 is 0 Å². The van der Waals surface area contributed by atoms with E-state index >= 15 is 0 Å². The van der Waals surface area contributed by atoms with Crippen molar-refractivity contribution in [1.29, 1.82) is 0 Å². The lowest BCUT2D eigenvalue weighted by Crippen LogP contribution is -2.15. The lowest BCUT2D eigenvalue weighted by molar-refractivity contribution is -0.137. The maximum atomic E-state index is 12.3. The van der Waals surface area contributed by atoms with Crippen LogP contribution in [0, 0.1) is 0 Å². The molecule has 0 bridgehead atoms. The molecule has 1 aromatic heterocycles. The molecular weight excluding hydrogens is 207 g/mol. The number of nitrogens with zero attached hydrogens (tertiary/aromatic N) is 1. The lowest BCUT2D eigenvalue weighted by atomic mass is 9.94. The molecular formula is C10H8F3NO. The Kier molecular flexibility index (Phi) is 2.25. The minimum atomic E-state index is -4.43. The molecule has 1 aliphatic rings. The number of ketones is 1. The normalized spacial score (nSPS) is 16.3. The van der Waals surface area contributed by atoms with Crippen molar-refractivity contribution in [3.63, 3.8) is 0 Å². The maximum absolute atomic E-state index is 12.3. The van der Waals surface area contributed by atoms with Gasteiger partial charge in [-0.05, 0) is 18.9 Å². The monoisotopic (exact) mass is 215 g/mol. The second-order valence-corrected chi connectivity index (χ2v) is 3.49. The van der Waals surface area contributed by atoms with E-state index in [9.17, 15) is 18.0 Å². The van der Waals surface area contributed by atoms with Gasteiger partial charge >= 0.3 is 6.18 Å². The number of carbonyl (C=O) groups excluding carboxylic acids is 1. The number of hydrogen-bond donors (Lipinski definition) is 0. The first-order valence-corrected chi connectivity index (χ1v) is 4.58. The topological polar surface area (TPSA) is 30.0 Å². The second-order valence-electron chi connectivity index (χ2n) is 3.49. The molecule has 0 aliphatic heterocycles. The van der Waals surface area contributed by atoms with E-state index in [4.69, 9.17) is 0 Å². The molecule has 0 N–H and O–H groups in total. The predicted octanol–water partition coefficient (Wildman–Crippen LogP) is 2.62. The van der Waals surface area contributed by atoms with Gasteiger partial charge in [0.15, 0.2) is 5.78 Å². The maximum Gasteiger partial charge on any atom is 0.417 e. The molecule has 0 amide bonds. The van der Waals surface area contributed by atoms with Crippen LogP contribution in [0.25, 0.3) is 0 Å². The van der Waals surface area contributed by atoms with Gasteiger partial charge in [-0.15, -0.1) is 0 Å². The van der Waals surface area contributed by atoms with Gasteiger partial charge in [0, 0.05) is 18.2 Å². The van der Waals surface area contributed by atoms with E-state index in [0.717, 1.165) is 12.3 Å². The van der Waals surface area contributed by atoms with Crippen LogP contribution in [0.1, 0.15) is 34.5 Å². The molecule has 80 valence electrons. The first-order valence-electron chi connectivity index (χ1n) is 4.58. The molecule has 1 aliphatic carbocycles. The first-order chi connectivity index (χ1) is 6.98. The predicted molar refractivity (Wildman–Crippen MR) is 46.5 cm³/mol. The van der Waals surface area contributed by atoms with E-state index in [1.165, 1.54) is 0 Å². The molecule has 15 heavy (non-hydrogen) atoms. The van der Waals surface area contributed by atoms with Crippen molar-refractivity contribution in [3.05, 3.63) is 29.1 Å². The highest BCUT2D eigenvalue weighted by atomic mass is 19.4. The van der Waals surface area contributed by atoms with Gasteiger partial charge in [-0.3, -0.25) is 9.78 Å². The van der Waals surface area contributed by atoms with Gasteiger partial charge in [0.25, 0.3) is 0 Å². The summed E-state index contributed by atoms with van der Waals surface area (Å²) < 4.78 is 37.0. The summed E-state index contributed by atoms with van der Waals surface area (Å²) in [7, 11) is 0. The number of alkyl halides is 3. The molecule has 2 nitrogen and oxygen atoms in total. The van der Waals surface area contributed by atoms with E-state index < -0.39 is 11.7 Å². The zero-order chi connectivity index (χ0) is 11.1. The van der Waals surface area contributed by atoms with E-state index in [1.54, 1.807) is 0 Å². The number of pyridine rings is 1. The molecule has 0 spiro atoms. The van der Waals surface area contributed by atoms with Gasteiger partial charge in [0.1, 0.15) is 0 Å². The van der Waals surface area contributed by atoms with Crippen molar-refractivity contribution in [3.8, 4) is 0 Å². The van der Waals surface area contributed by atoms with Crippen molar-refractivity contribution in [2.75, 3.05) is 0 Å². The minimum Gasteiger partial charge on any atom is -0.294 e. The largest absolute Gasteiger partial charge is 0.417 e. The molecule has 5 heteroatoms. The van der Waals surface area contributed by atoms with Crippen LogP contribution < -0.4 is 0 Å². The Morgan fingerprint density at radius 3 is 2.67 bits per heavy atom. The highest BCUT2D eigenvalue weighted by molar-refractivity contribution is 5.98. The van der Waals surface area contributed by atoms with Crippen LogP contribution in [-0.2, 0) is 12.6 Å². The Morgan fingerprint density at radius 1 is 1.27 bits per heavy atom. The average Bonchev–Trinajstić information content (AvgIpc) is 2.16. The zero-order valence-electron chi connectivity index (χ0n) is 7.77. The Bertz CT molecular complexity index is 412. The highest BCUT2D eigenvalue weighted by Crippen LogP contribution is 2.31. The van der Waals surface area contributed by atoms with Gasteiger partial charge in [-0.2, -0.15) is 13.2 Å². The third kappa shape index (κ3) is 1.86. The van der Waals surface area contributed by atoms with Gasteiger partial charge in [-0.25, -0.2) is 0 Å². The quantitative estimate of drug-likeness (QED) is 0.665. The van der Waals surface area contributed by atoms with Crippen LogP contribution in [0.3, 0.4) is 0 Å². The van der Waals surface area contributed by atoms with Crippen LogP contribution in [0.15, 0.2) is 12.3 Å². The van der Waals surface area contributed by atoms with Crippen LogP contribution in [0.5, 0.6) is 0 Å². The number of carbonyl (C=O) groups is 1. The number of rotatable bonds is 0. The van der Waals surface area contributed by atoms with Crippen molar-refractivity contribution in [2.45, 2.75) is 25.4 Å². The zero-order valence-corrected chi connectivity index (χ0v) is 7.77. The van der Waals surface area contributed by atoms with Crippen molar-refractivity contribution in [1.82, 2.24) is 4.98 Å². The highest BCUT2D eigenvalue weighted by Gasteiger charge is 2.32. The summed E-state index contributed by atoms with van der Waals surface area (Å²) >= 11 is 0. The lowest BCUT2D eigenvalue weighted by Gasteiger charge is -2.15. The SMILES string of the molecule is O=C1CCCc2ncc(C(F)(F)F)cc21. The number of Topliss-reactive ketones (excluding diaryl/α,β-unsaturated/α-hetero) is 1. The summed E-state index contributed by atoms with van der Waals surface area (Å²) in [5.74, 6) is -0.241. The van der Waals surface area contributed by atoms with Crippen molar-refractivity contribution >= 4 is 5.78 Å². The van der Waals surface area contributed by atoms with Gasteiger partial charge in [-0.1, -0.05) is 0 Å². The van der Waals surface area contributed by atoms with Gasteiger partial charge in [0.05, 0.1) is 11.3 Å². The van der Waals surface area contributed by atoms with Gasteiger partial charge < -0.3 is 0 Å². The van der Waals surface area contributed by atoms with E-state index in [0.29, 0.717) is 25.0 Å².